The zero-order valence-electron chi connectivity index (χ0n) is 14.1. The highest BCUT2D eigenvalue weighted by Crippen LogP contribution is 2.30. The second-order valence-corrected chi connectivity index (χ2v) is 6.36. The summed E-state index contributed by atoms with van der Waals surface area (Å²) in [7, 11) is 1.70. The number of rotatable bonds is 6. The number of hydrogen-bond donors (Lipinski definition) is 2. The van der Waals surface area contributed by atoms with Gasteiger partial charge in [0, 0.05) is 26.0 Å². The van der Waals surface area contributed by atoms with Crippen molar-refractivity contribution >= 4 is 11.7 Å². The standard InChI is InChI=1S/C16H18N6O4/c1-25-5-3-9-6-10(7-9)18-14(23)12-8-17-15-19-11(2-4-22(12)15)13-20-16(24)26-21-13/h2,4,8-10H,3,5-7H2,1H3,(H,18,23)(H,20,21,24). The van der Waals surface area contributed by atoms with Crippen molar-refractivity contribution in [2.75, 3.05) is 13.7 Å². The molecule has 136 valence electrons. The molecule has 3 aromatic rings. The number of methoxy groups -OCH3 is 1. The number of hydrogen-bond acceptors (Lipinski definition) is 7. The van der Waals surface area contributed by atoms with Crippen LogP contribution in [0, 0.1) is 5.92 Å². The van der Waals surface area contributed by atoms with E-state index in [2.05, 4.69) is 29.9 Å². The maximum Gasteiger partial charge on any atom is 0.439 e. The molecule has 2 N–H and O–H groups in total. The second-order valence-electron chi connectivity index (χ2n) is 6.36. The molecule has 10 nitrogen and oxygen atoms in total. The molecule has 1 amide bonds. The van der Waals surface area contributed by atoms with Crippen LogP contribution in [0.15, 0.2) is 27.8 Å². The third kappa shape index (κ3) is 3.10. The van der Waals surface area contributed by atoms with Gasteiger partial charge in [-0.15, -0.1) is 0 Å². The second kappa shape index (κ2) is 6.71. The highest BCUT2D eigenvalue weighted by molar-refractivity contribution is 5.93. The van der Waals surface area contributed by atoms with Crippen LogP contribution in [0.1, 0.15) is 29.8 Å². The van der Waals surface area contributed by atoms with Crippen LogP contribution < -0.4 is 11.1 Å². The first-order valence-corrected chi connectivity index (χ1v) is 8.34. The molecule has 0 spiro atoms. The van der Waals surface area contributed by atoms with Crippen molar-refractivity contribution < 1.29 is 14.1 Å². The Morgan fingerprint density at radius 3 is 3.08 bits per heavy atom. The van der Waals surface area contributed by atoms with Gasteiger partial charge >= 0.3 is 5.76 Å². The van der Waals surface area contributed by atoms with E-state index in [4.69, 9.17) is 4.74 Å². The molecule has 1 saturated carbocycles. The summed E-state index contributed by atoms with van der Waals surface area (Å²) in [6.07, 6.45) is 6.10. The van der Waals surface area contributed by atoms with Crippen LogP contribution in [-0.4, -0.2) is 50.2 Å². The first-order chi connectivity index (χ1) is 12.6. The van der Waals surface area contributed by atoms with Gasteiger partial charge in [0.1, 0.15) is 11.4 Å². The lowest BCUT2D eigenvalue weighted by Gasteiger charge is -2.35. The van der Waals surface area contributed by atoms with Crippen LogP contribution in [0.2, 0.25) is 0 Å². The van der Waals surface area contributed by atoms with Crippen LogP contribution >= 0.6 is 0 Å². The molecule has 1 fully saturated rings. The molecule has 0 aliphatic heterocycles. The Bertz CT molecular complexity index is 984. The normalized spacial score (nSPS) is 19.4. The summed E-state index contributed by atoms with van der Waals surface area (Å²) in [5, 5.41) is 6.61. The van der Waals surface area contributed by atoms with E-state index in [1.54, 1.807) is 23.8 Å². The summed E-state index contributed by atoms with van der Waals surface area (Å²) in [6.45, 7) is 0.753. The van der Waals surface area contributed by atoms with Crippen LogP contribution in [-0.2, 0) is 4.74 Å². The smallest absolute Gasteiger partial charge is 0.385 e. The number of ether oxygens (including phenoxy) is 1. The van der Waals surface area contributed by atoms with Crippen LogP contribution in [0.4, 0.5) is 0 Å². The van der Waals surface area contributed by atoms with Gasteiger partial charge in [-0.25, -0.2) is 14.8 Å². The number of imidazole rings is 1. The maximum absolute atomic E-state index is 12.5. The van der Waals surface area contributed by atoms with Gasteiger partial charge in [0.25, 0.3) is 5.91 Å². The summed E-state index contributed by atoms with van der Waals surface area (Å²) < 4.78 is 11.1. The minimum Gasteiger partial charge on any atom is -0.385 e. The minimum atomic E-state index is -0.658. The number of aromatic amines is 1. The highest BCUT2D eigenvalue weighted by Gasteiger charge is 2.30. The Hall–Kier alpha value is -3.01. The van der Waals surface area contributed by atoms with Gasteiger partial charge in [-0.1, -0.05) is 5.16 Å². The van der Waals surface area contributed by atoms with E-state index in [-0.39, 0.29) is 17.8 Å². The number of H-pyrrole nitrogens is 1. The molecular formula is C16H18N6O4. The van der Waals surface area contributed by atoms with Crippen molar-refractivity contribution in [2.24, 2.45) is 5.92 Å². The van der Waals surface area contributed by atoms with Gasteiger partial charge in [0.15, 0.2) is 0 Å². The Balaban J connectivity index is 1.46. The quantitative estimate of drug-likeness (QED) is 0.661. The average molecular weight is 358 g/mol. The van der Waals surface area contributed by atoms with Crippen LogP contribution in [0.25, 0.3) is 17.3 Å². The third-order valence-electron chi connectivity index (χ3n) is 4.60. The van der Waals surface area contributed by atoms with E-state index in [9.17, 15) is 9.59 Å². The van der Waals surface area contributed by atoms with Crippen molar-refractivity contribution in [1.29, 1.82) is 0 Å². The van der Waals surface area contributed by atoms with Gasteiger partial charge in [-0.2, -0.15) is 0 Å². The molecular weight excluding hydrogens is 340 g/mol. The summed E-state index contributed by atoms with van der Waals surface area (Å²) in [6, 6.07) is 1.81. The summed E-state index contributed by atoms with van der Waals surface area (Å²) in [5.74, 6) is 0.314. The molecule has 0 unspecified atom stereocenters. The minimum absolute atomic E-state index is 0.183. The zero-order chi connectivity index (χ0) is 18.1. The maximum atomic E-state index is 12.5. The molecule has 0 aromatic carbocycles. The summed E-state index contributed by atoms with van der Waals surface area (Å²) in [4.78, 5) is 34.4. The number of amides is 1. The number of carbonyl (C=O) groups is 1. The van der Waals surface area contributed by atoms with Crippen molar-refractivity contribution in [3.05, 3.63) is 34.7 Å². The number of aromatic nitrogens is 5. The summed E-state index contributed by atoms with van der Waals surface area (Å²) >= 11 is 0. The van der Waals surface area contributed by atoms with E-state index in [1.807, 2.05) is 0 Å². The Morgan fingerprint density at radius 2 is 2.35 bits per heavy atom. The van der Waals surface area contributed by atoms with Crippen molar-refractivity contribution in [3.8, 4) is 11.5 Å². The molecule has 1 aliphatic carbocycles. The lowest BCUT2D eigenvalue weighted by atomic mass is 9.78. The van der Waals surface area contributed by atoms with Gasteiger partial charge in [0.2, 0.25) is 11.6 Å². The molecule has 3 aromatic heterocycles. The van der Waals surface area contributed by atoms with Crippen molar-refractivity contribution in [2.45, 2.75) is 25.3 Å². The van der Waals surface area contributed by atoms with Gasteiger partial charge in [-0.05, 0) is 31.2 Å². The Labute approximate surface area is 147 Å². The fourth-order valence-corrected chi connectivity index (χ4v) is 3.14. The first kappa shape index (κ1) is 16.5. The van der Waals surface area contributed by atoms with Crippen LogP contribution in [0.5, 0.6) is 0 Å². The Morgan fingerprint density at radius 1 is 1.50 bits per heavy atom. The van der Waals surface area contributed by atoms with Gasteiger partial charge in [-0.3, -0.25) is 18.7 Å². The highest BCUT2D eigenvalue weighted by atomic mass is 16.5. The molecule has 0 radical (unpaired) electrons. The third-order valence-corrected chi connectivity index (χ3v) is 4.60. The molecule has 26 heavy (non-hydrogen) atoms. The molecule has 10 heteroatoms. The average Bonchev–Trinajstić information content (AvgIpc) is 3.22. The lowest BCUT2D eigenvalue weighted by molar-refractivity contribution is 0.0855. The Kier molecular flexibility index (Phi) is 4.25. The lowest BCUT2D eigenvalue weighted by Crippen LogP contribution is -2.44. The molecule has 0 atom stereocenters. The topological polar surface area (TPSA) is 127 Å². The number of carbonyl (C=O) groups excluding carboxylic acids is 1. The van der Waals surface area contributed by atoms with Crippen molar-refractivity contribution in [1.82, 2.24) is 29.8 Å². The molecule has 4 rings (SSSR count). The van der Waals surface area contributed by atoms with E-state index < -0.39 is 5.76 Å². The van der Waals surface area contributed by atoms with Gasteiger partial charge < -0.3 is 10.1 Å². The predicted molar refractivity (Wildman–Crippen MR) is 89.6 cm³/mol. The fraction of sp³-hybridized carbons (Fsp3) is 0.438. The molecule has 0 bridgehead atoms. The molecule has 1 aliphatic rings. The van der Waals surface area contributed by atoms with E-state index in [0.29, 0.717) is 23.1 Å². The monoisotopic (exact) mass is 358 g/mol. The van der Waals surface area contributed by atoms with E-state index in [0.717, 1.165) is 25.9 Å². The SMILES string of the molecule is COCCC1CC(NC(=O)c2cnc3nc(-c4noc(=O)[nH]4)ccn23)C1. The summed E-state index contributed by atoms with van der Waals surface area (Å²) in [5.41, 5.74) is 0.814. The zero-order valence-corrected chi connectivity index (χ0v) is 14.1. The fourth-order valence-electron chi connectivity index (χ4n) is 3.14. The van der Waals surface area contributed by atoms with Crippen molar-refractivity contribution in [3.63, 3.8) is 0 Å². The number of nitrogens with one attached hydrogen (secondary N) is 2. The predicted octanol–water partition coefficient (Wildman–Crippen LogP) is 0.617. The van der Waals surface area contributed by atoms with E-state index in [1.165, 1.54) is 6.20 Å². The first-order valence-electron chi connectivity index (χ1n) is 8.34. The van der Waals surface area contributed by atoms with E-state index >= 15 is 0 Å². The van der Waals surface area contributed by atoms with Gasteiger partial charge in [0.05, 0.1) is 6.20 Å². The number of nitrogens with zero attached hydrogens (tertiary/aromatic N) is 4. The molecule has 0 saturated heterocycles. The largest absolute Gasteiger partial charge is 0.439 e. The number of fused-ring (bicyclic) bond motifs is 1. The van der Waals surface area contributed by atoms with Crippen LogP contribution in [0.3, 0.4) is 0 Å². The molecule has 3 heterocycles.